The molecule has 15 heavy (non-hydrogen) atoms. The molecule has 1 aliphatic heterocycles. The fourth-order valence-corrected chi connectivity index (χ4v) is 1.74. The predicted octanol–water partition coefficient (Wildman–Crippen LogP) is 0.938. The number of rotatable bonds is 1. The summed E-state index contributed by atoms with van der Waals surface area (Å²) in [5.41, 5.74) is 1.52. The summed E-state index contributed by atoms with van der Waals surface area (Å²) >= 11 is 0. The number of benzene rings is 1. The summed E-state index contributed by atoms with van der Waals surface area (Å²) in [4.78, 5) is 23.1. The third-order valence-corrected chi connectivity index (χ3v) is 2.48. The summed E-state index contributed by atoms with van der Waals surface area (Å²) in [5, 5.41) is 2.96. The fourth-order valence-electron chi connectivity index (χ4n) is 1.74. The summed E-state index contributed by atoms with van der Waals surface area (Å²) in [6.45, 7) is 0.177. The predicted molar refractivity (Wildman–Crippen MR) is 54.7 cm³/mol. The number of ketones is 1. The van der Waals surface area contributed by atoms with Crippen LogP contribution in [0, 0.1) is 0 Å². The van der Waals surface area contributed by atoms with Crippen LogP contribution in [0.4, 0.5) is 5.69 Å². The van der Waals surface area contributed by atoms with Crippen LogP contribution < -0.4 is 5.32 Å². The molecule has 0 saturated carbocycles. The van der Waals surface area contributed by atoms with E-state index in [1.54, 1.807) is 12.1 Å². The molecule has 0 radical (unpaired) electrons. The second kappa shape index (κ2) is 3.73. The molecule has 0 aliphatic carbocycles. The lowest BCUT2D eigenvalue weighted by Crippen LogP contribution is -2.33. The summed E-state index contributed by atoms with van der Waals surface area (Å²) < 4.78 is 4.63. The maximum absolute atomic E-state index is 11.6. The Kier molecular flexibility index (Phi) is 2.41. The largest absolute Gasteiger partial charge is 0.468 e. The van der Waals surface area contributed by atoms with E-state index in [0.29, 0.717) is 5.56 Å². The van der Waals surface area contributed by atoms with Gasteiger partial charge in [-0.1, -0.05) is 18.2 Å². The molecule has 1 unspecified atom stereocenters. The van der Waals surface area contributed by atoms with Crippen LogP contribution >= 0.6 is 0 Å². The lowest BCUT2D eigenvalue weighted by Gasteiger charge is -2.23. The van der Waals surface area contributed by atoms with E-state index in [0.717, 1.165) is 5.69 Å². The average Bonchev–Trinajstić information content (AvgIpc) is 2.28. The maximum atomic E-state index is 11.6. The van der Waals surface area contributed by atoms with Crippen LogP contribution in [-0.4, -0.2) is 25.4 Å². The van der Waals surface area contributed by atoms with Gasteiger partial charge in [0.25, 0.3) is 0 Å². The van der Waals surface area contributed by atoms with E-state index in [4.69, 9.17) is 0 Å². The number of fused-ring (bicyclic) bond motifs is 1. The number of carbonyl (C=O) groups excluding carboxylic acids is 2. The zero-order chi connectivity index (χ0) is 10.8. The number of hydrogen-bond donors (Lipinski definition) is 1. The molecule has 1 atom stereocenters. The zero-order valence-electron chi connectivity index (χ0n) is 8.32. The first-order chi connectivity index (χ1) is 7.24. The topological polar surface area (TPSA) is 55.4 Å². The first-order valence-corrected chi connectivity index (χ1v) is 4.67. The van der Waals surface area contributed by atoms with E-state index < -0.39 is 11.9 Å². The number of methoxy groups -OCH3 is 1. The Morgan fingerprint density at radius 3 is 2.93 bits per heavy atom. The molecule has 0 aromatic heterocycles. The quantitative estimate of drug-likeness (QED) is 0.547. The van der Waals surface area contributed by atoms with Gasteiger partial charge in [-0.25, -0.2) is 0 Å². The Hall–Kier alpha value is -1.84. The summed E-state index contributed by atoms with van der Waals surface area (Å²) in [6, 6.07) is 7.27. The number of nitrogens with one attached hydrogen (secondary N) is 1. The highest BCUT2D eigenvalue weighted by Gasteiger charge is 2.33. The molecular formula is C11H11NO3. The number of hydrogen-bond acceptors (Lipinski definition) is 4. The van der Waals surface area contributed by atoms with Gasteiger partial charge < -0.3 is 10.1 Å². The number of ether oxygens (including phenoxy) is 1. The standard InChI is InChI=1S/C11H11NO3/c1-15-11(14)10-7-4-2-3-5-8(7)12-6-9(10)13/h2-5,10,12H,6H2,1H3. The third kappa shape index (κ3) is 1.58. The van der Waals surface area contributed by atoms with Gasteiger partial charge in [0.1, 0.15) is 5.92 Å². The molecule has 4 nitrogen and oxygen atoms in total. The van der Waals surface area contributed by atoms with Gasteiger partial charge in [0.15, 0.2) is 5.78 Å². The van der Waals surface area contributed by atoms with Crippen molar-refractivity contribution in [3.63, 3.8) is 0 Å². The number of Topliss-reactive ketones (excluding diaryl/α,β-unsaturated/α-hetero) is 1. The lowest BCUT2D eigenvalue weighted by atomic mass is 9.90. The van der Waals surface area contributed by atoms with E-state index in [1.807, 2.05) is 12.1 Å². The highest BCUT2D eigenvalue weighted by molar-refractivity contribution is 6.08. The van der Waals surface area contributed by atoms with Crippen molar-refractivity contribution < 1.29 is 14.3 Å². The Bertz CT molecular complexity index is 414. The Balaban J connectivity index is 2.46. The first kappa shape index (κ1) is 9.71. The van der Waals surface area contributed by atoms with E-state index in [-0.39, 0.29) is 12.3 Å². The minimum Gasteiger partial charge on any atom is -0.468 e. The highest BCUT2D eigenvalue weighted by Crippen LogP contribution is 2.29. The Labute approximate surface area is 87.2 Å². The number of anilines is 1. The van der Waals surface area contributed by atoms with Crippen LogP contribution in [-0.2, 0) is 14.3 Å². The van der Waals surface area contributed by atoms with Gasteiger partial charge in [0.05, 0.1) is 13.7 Å². The maximum Gasteiger partial charge on any atom is 0.320 e. The molecule has 0 fully saturated rings. The van der Waals surface area contributed by atoms with Gasteiger partial charge in [-0.05, 0) is 11.6 Å². The molecule has 0 saturated heterocycles. The zero-order valence-corrected chi connectivity index (χ0v) is 8.32. The molecule has 1 heterocycles. The van der Waals surface area contributed by atoms with Crippen LogP contribution in [0.5, 0.6) is 0 Å². The molecule has 4 heteroatoms. The number of carbonyl (C=O) groups is 2. The lowest BCUT2D eigenvalue weighted by molar-refractivity contribution is -0.145. The van der Waals surface area contributed by atoms with Gasteiger partial charge in [0, 0.05) is 5.69 Å². The van der Waals surface area contributed by atoms with E-state index >= 15 is 0 Å². The van der Waals surface area contributed by atoms with Crippen LogP contribution in [0.3, 0.4) is 0 Å². The fraction of sp³-hybridized carbons (Fsp3) is 0.273. The van der Waals surface area contributed by atoms with Crippen LogP contribution in [0.2, 0.25) is 0 Å². The number of para-hydroxylation sites is 1. The van der Waals surface area contributed by atoms with Crippen molar-refractivity contribution in [2.24, 2.45) is 0 Å². The molecule has 78 valence electrons. The van der Waals surface area contributed by atoms with Crippen LogP contribution in [0.1, 0.15) is 11.5 Å². The van der Waals surface area contributed by atoms with Crippen molar-refractivity contribution in [3.05, 3.63) is 29.8 Å². The van der Waals surface area contributed by atoms with Gasteiger partial charge in [-0.2, -0.15) is 0 Å². The van der Waals surface area contributed by atoms with Crippen molar-refractivity contribution in [2.75, 3.05) is 19.0 Å². The van der Waals surface area contributed by atoms with Gasteiger partial charge in [-0.15, -0.1) is 0 Å². The highest BCUT2D eigenvalue weighted by atomic mass is 16.5. The molecule has 1 aromatic rings. The Morgan fingerprint density at radius 1 is 1.47 bits per heavy atom. The van der Waals surface area contributed by atoms with Gasteiger partial charge >= 0.3 is 5.97 Å². The summed E-state index contributed by atoms with van der Waals surface area (Å²) in [7, 11) is 1.29. The molecule has 2 rings (SSSR count). The van der Waals surface area contributed by atoms with Crippen molar-refractivity contribution in [1.82, 2.24) is 0 Å². The second-order valence-electron chi connectivity index (χ2n) is 3.36. The molecule has 0 spiro atoms. The molecule has 0 amide bonds. The molecule has 1 N–H and O–H groups in total. The minimum atomic E-state index is -0.771. The van der Waals surface area contributed by atoms with Gasteiger partial charge in [-0.3, -0.25) is 9.59 Å². The average molecular weight is 205 g/mol. The number of esters is 1. The first-order valence-electron chi connectivity index (χ1n) is 4.67. The SMILES string of the molecule is COC(=O)C1C(=O)CNc2ccccc21. The van der Waals surface area contributed by atoms with Crippen molar-refractivity contribution in [2.45, 2.75) is 5.92 Å². The van der Waals surface area contributed by atoms with Crippen molar-refractivity contribution in [3.8, 4) is 0 Å². The molecule has 1 aromatic carbocycles. The second-order valence-corrected chi connectivity index (χ2v) is 3.36. The van der Waals surface area contributed by atoms with Crippen molar-refractivity contribution >= 4 is 17.4 Å². The minimum absolute atomic E-state index is 0.152. The summed E-state index contributed by atoms with van der Waals surface area (Å²) in [6.07, 6.45) is 0. The Morgan fingerprint density at radius 2 is 2.20 bits per heavy atom. The van der Waals surface area contributed by atoms with Crippen LogP contribution in [0.25, 0.3) is 0 Å². The van der Waals surface area contributed by atoms with Gasteiger partial charge in [0.2, 0.25) is 0 Å². The van der Waals surface area contributed by atoms with E-state index in [2.05, 4.69) is 10.1 Å². The van der Waals surface area contributed by atoms with E-state index in [1.165, 1.54) is 7.11 Å². The normalized spacial score (nSPS) is 19.0. The molecule has 0 bridgehead atoms. The third-order valence-electron chi connectivity index (χ3n) is 2.48. The monoisotopic (exact) mass is 205 g/mol. The molecular weight excluding hydrogens is 194 g/mol. The smallest absolute Gasteiger partial charge is 0.320 e. The van der Waals surface area contributed by atoms with Crippen molar-refractivity contribution in [1.29, 1.82) is 0 Å². The molecule has 1 aliphatic rings. The summed E-state index contributed by atoms with van der Waals surface area (Å²) in [5.74, 6) is -1.41. The van der Waals surface area contributed by atoms with Crippen LogP contribution in [0.15, 0.2) is 24.3 Å². The van der Waals surface area contributed by atoms with E-state index in [9.17, 15) is 9.59 Å².